The molecule has 0 spiro atoms. The van der Waals surface area contributed by atoms with Crippen LogP contribution in [0.4, 0.5) is 0 Å². The Hall–Kier alpha value is -2.07. The minimum atomic E-state index is -1.69. The fraction of sp³-hybridized carbons (Fsp3) is 0.333. The molecule has 1 aromatic carbocycles. The van der Waals surface area contributed by atoms with Crippen molar-refractivity contribution in [3.05, 3.63) is 63.4 Å². The van der Waals surface area contributed by atoms with Crippen LogP contribution >= 0.6 is 0 Å². The average Bonchev–Trinajstić information content (AvgIpc) is 2.91. The molecule has 1 aliphatic rings. The van der Waals surface area contributed by atoms with Crippen LogP contribution < -0.4 is 11.2 Å². The van der Waals surface area contributed by atoms with Crippen LogP contribution in [0.15, 0.2) is 57.1 Å². The van der Waals surface area contributed by atoms with Crippen molar-refractivity contribution in [1.82, 2.24) is 9.55 Å². The molecule has 3 rings (SSSR count). The first-order valence-corrected chi connectivity index (χ1v) is 8.45. The first-order chi connectivity index (χ1) is 11.5. The van der Waals surface area contributed by atoms with Gasteiger partial charge in [0.2, 0.25) is 0 Å². The van der Waals surface area contributed by atoms with Gasteiger partial charge < -0.3 is 14.9 Å². The lowest BCUT2D eigenvalue weighted by molar-refractivity contribution is -0.0457. The van der Waals surface area contributed by atoms with Gasteiger partial charge in [-0.3, -0.25) is 18.6 Å². The number of rotatable bonds is 4. The number of ether oxygens (including phenoxy) is 1. The number of hydrogen-bond acceptors (Lipinski definition) is 6. The molecule has 0 amide bonds. The molecule has 9 heteroatoms. The van der Waals surface area contributed by atoms with Gasteiger partial charge >= 0.3 is 5.69 Å². The first kappa shape index (κ1) is 16.8. The van der Waals surface area contributed by atoms with Gasteiger partial charge in [0.25, 0.3) is 5.56 Å². The molecule has 1 unspecified atom stereocenters. The minimum absolute atomic E-state index is 0.464. The van der Waals surface area contributed by atoms with Crippen LogP contribution in [0.3, 0.4) is 0 Å². The predicted octanol–water partition coefficient (Wildman–Crippen LogP) is -1.04. The Morgan fingerprint density at radius 2 is 1.92 bits per heavy atom. The molecule has 8 nitrogen and oxygen atoms in total. The van der Waals surface area contributed by atoms with Crippen molar-refractivity contribution < 1.29 is 19.2 Å². The summed E-state index contributed by atoms with van der Waals surface area (Å²) in [4.78, 5) is 25.8. The van der Waals surface area contributed by atoms with E-state index in [1.807, 2.05) is 0 Å². The quantitative estimate of drug-likeness (QED) is 0.646. The summed E-state index contributed by atoms with van der Waals surface area (Å²) in [5.74, 6) is 0. The van der Waals surface area contributed by atoms with Gasteiger partial charge in [0, 0.05) is 17.2 Å². The maximum absolute atomic E-state index is 12.9. The highest BCUT2D eigenvalue weighted by Crippen LogP contribution is 2.34. The number of H-pyrrole nitrogens is 1. The van der Waals surface area contributed by atoms with Crippen molar-refractivity contribution in [2.45, 2.75) is 28.6 Å². The lowest BCUT2D eigenvalue weighted by Crippen LogP contribution is -2.40. The van der Waals surface area contributed by atoms with Crippen molar-refractivity contribution >= 4 is 10.8 Å². The van der Waals surface area contributed by atoms with Crippen LogP contribution in [0.1, 0.15) is 6.23 Å². The highest BCUT2D eigenvalue weighted by molar-refractivity contribution is 7.85. The van der Waals surface area contributed by atoms with Gasteiger partial charge in [-0.2, -0.15) is 0 Å². The van der Waals surface area contributed by atoms with Crippen LogP contribution in [0, 0.1) is 0 Å². The molecule has 2 heterocycles. The van der Waals surface area contributed by atoms with E-state index >= 15 is 0 Å². The molecule has 5 atom stereocenters. The summed E-state index contributed by atoms with van der Waals surface area (Å²) in [7, 11) is -1.69. The zero-order valence-electron chi connectivity index (χ0n) is 12.4. The van der Waals surface area contributed by atoms with Gasteiger partial charge in [-0.25, -0.2) is 4.79 Å². The zero-order valence-corrected chi connectivity index (χ0v) is 13.3. The second-order valence-electron chi connectivity index (χ2n) is 5.33. The van der Waals surface area contributed by atoms with E-state index in [1.165, 1.54) is 6.20 Å². The zero-order chi connectivity index (χ0) is 17.3. The molecule has 24 heavy (non-hydrogen) atoms. The number of hydrogen-bond donors (Lipinski definition) is 3. The Kier molecular flexibility index (Phi) is 4.76. The summed E-state index contributed by atoms with van der Waals surface area (Å²) < 4.78 is 19.5. The molecule has 0 saturated carbocycles. The number of nitrogens with zero attached hydrogens (tertiary/aromatic N) is 1. The Morgan fingerprint density at radius 1 is 1.21 bits per heavy atom. The van der Waals surface area contributed by atoms with Gasteiger partial charge in [-0.05, 0) is 12.1 Å². The third kappa shape index (κ3) is 2.98. The molecular weight excluding hydrogens is 336 g/mol. The van der Waals surface area contributed by atoms with E-state index in [1.54, 1.807) is 30.3 Å². The first-order valence-electron chi connectivity index (χ1n) is 7.24. The largest absolute Gasteiger partial charge is 0.394 e. The number of aliphatic hydroxyl groups is 2. The second kappa shape index (κ2) is 6.81. The second-order valence-corrected chi connectivity index (χ2v) is 6.94. The van der Waals surface area contributed by atoms with Crippen molar-refractivity contribution in [2.24, 2.45) is 0 Å². The van der Waals surface area contributed by atoms with Crippen LogP contribution in [0.5, 0.6) is 0 Å². The lowest BCUT2D eigenvalue weighted by atomic mass is 10.2. The molecule has 2 aromatic rings. The third-order valence-electron chi connectivity index (χ3n) is 3.84. The summed E-state index contributed by atoms with van der Waals surface area (Å²) in [5.41, 5.74) is -1.32. The average molecular weight is 352 g/mol. The van der Waals surface area contributed by atoms with Gasteiger partial charge in [0.1, 0.15) is 17.5 Å². The Balaban J connectivity index is 2.04. The fourth-order valence-electron chi connectivity index (χ4n) is 2.66. The van der Waals surface area contributed by atoms with Gasteiger partial charge in [0.15, 0.2) is 6.23 Å². The number of benzene rings is 1. The Bertz CT molecular complexity index is 849. The maximum Gasteiger partial charge on any atom is 0.330 e. The third-order valence-corrected chi connectivity index (χ3v) is 5.58. The predicted molar refractivity (Wildman–Crippen MR) is 85.0 cm³/mol. The van der Waals surface area contributed by atoms with Crippen molar-refractivity contribution in [3.8, 4) is 0 Å². The van der Waals surface area contributed by atoms with E-state index in [9.17, 15) is 24.0 Å². The maximum atomic E-state index is 12.9. The fourth-order valence-corrected chi connectivity index (χ4v) is 4.24. The van der Waals surface area contributed by atoms with Crippen LogP contribution in [-0.4, -0.2) is 48.0 Å². The number of nitrogens with one attached hydrogen (secondary N) is 1. The summed E-state index contributed by atoms with van der Waals surface area (Å²) in [6.07, 6.45) is -2.08. The summed E-state index contributed by atoms with van der Waals surface area (Å²) >= 11 is 0. The van der Waals surface area contributed by atoms with E-state index in [4.69, 9.17) is 4.74 Å². The SMILES string of the molecule is O=c1ccn([C@@H]2O[C@H](CO)[C@@H](O)C2[S@@](=O)c2ccccc2)c(=O)[nH]1. The van der Waals surface area contributed by atoms with E-state index in [0.29, 0.717) is 4.90 Å². The van der Waals surface area contributed by atoms with E-state index in [2.05, 4.69) is 4.98 Å². The van der Waals surface area contributed by atoms with Gasteiger partial charge in [0.05, 0.1) is 17.4 Å². The molecular formula is C15H16N2O6S. The lowest BCUT2D eigenvalue weighted by Gasteiger charge is -2.21. The number of aromatic nitrogens is 2. The van der Waals surface area contributed by atoms with Gasteiger partial charge in [-0.1, -0.05) is 18.2 Å². The number of aromatic amines is 1. The highest BCUT2D eigenvalue weighted by atomic mass is 32.2. The molecule has 0 radical (unpaired) electrons. The molecule has 1 aliphatic heterocycles. The van der Waals surface area contributed by atoms with Crippen molar-refractivity contribution in [2.75, 3.05) is 6.61 Å². The van der Waals surface area contributed by atoms with Crippen molar-refractivity contribution in [3.63, 3.8) is 0 Å². The standard InChI is InChI=1S/C15H16N2O6S/c18-8-10-12(20)13(24(22)9-4-2-1-3-5-9)14(23-10)17-7-6-11(19)16-15(17)21/h1-7,10,12-14,18,20H,8H2,(H,16,19,21)/t10-,12-,13?,14-,24+/m1/s1. The smallest absolute Gasteiger partial charge is 0.330 e. The topological polar surface area (TPSA) is 122 Å². The summed E-state index contributed by atoms with van der Waals surface area (Å²) in [6.45, 7) is -0.488. The van der Waals surface area contributed by atoms with E-state index in [0.717, 1.165) is 10.6 Å². The molecule has 3 N–H and O–H groups in total. The molecule has 1 fully saturated rings. The van der Waals surface area contributed by atoms with E-state index < -0.39 is 52.3 Å². The van der Waals surface area contributed by atoms with Crippen LogP contribution in [0.2, 0.25) is 0 Å². The highest BCUT2D eigenvalue weighted by Gasteiger charge is 2.48. The minimum Gasteiger partial charge on any atom is -0.394 e. The molecule has 128 valence electrons. The number of aliphatic hydroxyl groups excluding tert-OH is 2. The molecule has 1 aromatic heterocycles. The van der Waals surface area contributed by atoms with Crippen LogP contribution in [-0.2, 0) is 15.5 Å². The summed E-state index contributed by atoms with van der Waals surface area (Å²) in [6, 6.07) is 9.60. The van der Waals surface area contributed by atoms with Crippen molar-refractivity contribution in [1.29, 1.82) is 0 Å². The van der Waals surface area contributed by atoms with Gasteiger partial charge in [-0.15, -0.1) is 0 Å². The molecule has 0 aliphatic carbocycles. The molecule has 1 saturated heterocycles. The van der Waals surface area contributed by atoms with E-state index in [-0.39, 0.29) is 0 Å². The Labute approximate surface area is 138 Å². The summed E-state index contributed by atoms with van der Waals surface area (Å²) in [5, 5.41) is 18.8. The monoisotopic (exact) mass is 352 g/mol. The Morgan fingerprint density at radius 3 is 2.54 bits per heavy atom. The van der Waals surface area contributed by atoms with Crippen LogP contribution in [0.25, 0.3) is 0 Å². The normalized spacial score (nSPS) is 27.9. The molecule has 0 bridgehead atoms.